The van der Waals surface area contributed by atoms with Crippen LogP contribution in [0.4, 0.5) is 4.39 Å². The number of ether oxygens (including phenoxy) is 1. The van der Waals surface area contributed by atoms with E-state index in [1.807, 2.05) is 0 Å². The average Bonchev–Trinajstić information content (AvgIpc) is 2.34. The van der Waals surface area contributed by atoms with E-state index in [2.05, 4.69) is 27.2 Å². The lowest BCUT2D eigenvalue weighted by atomic mass is 10.1. The second-order valence-electron chi connectivity index (χ2n) is 3.44. The predicted octanol–water partition coefficient (Wildman–Crippen LogP) is 2.42. The van der Waals surface area contributed by atoms with Crippen molar-refractivity contribution in [2.75, 3.05) is 13.2 Å². The molecule has 18 heavy (non-hydrogen) atoms. The number of halogens is 2. The standard InChI is InChI=1S/C13H13BrFNO2/c1-3-7-16-12(13(17)18-4-2)9-5-6-11(15)10(14)8-9/h1,5-6,8,12,16H,4,7H2,2H3. The Hall–Kier alpha value is -1.38. The third-order valence-electron chi connectivity index (χ3n) is 2.21. The zero-order valence-electron chi connectivity index (χ0n) is 9.87. The van der Waals surface area contributed by atoms with Crippen LogP contribution >= 0.6 is 15.9 Å². The molecule has 0 fully saturated rings. The maximum absolute atomic E-state index is 13.1. The molecule has 0 radical (unpaired) electrons. The monoisotopic (exact) mass is 313 g/mol. The first-order chi connectivity index (χ1) is 8.60. The molecule has 0 heterocycles. The van der Waals surface area contributed by atoms with E-state index >= 15 is 0 Å². The summed E-state index contributed by atoms with van der Waals surface area (Å²) in [7, 11) is 0. The minimum atomic E-state index is -0.696. The summed E-state index contributed by atoms with van der Waals surface area (Å²) < 4.78 is 18.4. The van der Waals surface area contributed by atoms with Gasteiger partial charge in [-0.3, -0.25) is 5.32 Å². The highest BCUT2D eigenvalue weighted by Gasteiger charge is 2.21. The van der Waals surface area contributed by atoms with Gasteiger partial charge < -0.3 is 4.74 Å². The number of hydrogen-bond donors (Lipinski definition) is 1. The summed E-state index contributed by atoms with van der Waals surface area (Å²) in [4.78, 5) is 11.8. The minimum absolute atomic E-state index is 0.221. The number of rotatable bonds is 5. The Morgan fingerprint density at radius 3 is 2.94 bits per heavy atom. The lowest BCUT2D eigenvalue weighted by Crippen LogP contribution is -2.30. The van der Waals surface area contributed by atoms with E-state index in [1.165, 1.54) is 18.2 Å². The number of esters is 1. The van der Waals surface area contributed by atoms with E-state index in [1.54, 1.807) is 6.92 Å². The zero-order chi connectivity index (χ0) is 13.5. The van der Waals surface area contributed by atoms with Crippen molar-refractivity contribution in [3.63, 3.8) is 0 Å². The molecule has 0 aliphatic carbocycles. The van der Waals surface area contributed by atoms with E-state index in [0.717, 1.165) is 0 Å². The van der Waals surface area contributed by atoms with Crippen LogP contribution in [0.2, 0.25) is 0 Å². The summed E-state index contributed by atoms with van der Waals surface area (Å²) in [6.45, 7) is 2.21. The third kappa shape index (κ3) is 3.83. The van der Waals surface area contributed by atoms with Gasteiger partial charge in [-0.05, 0) is 40.5 Å². The molecule has 0 aliphatic rings. The van der Waals surface area contributed by atoms with Gasteiger partial charge >= 0.3 is 5.97 Å². The molecule has 0 amide bonds. The summed E-state index contributed by atoms with van der Waals surface area (Å²) in [6, 6.07) is 3.63. The van der Waals surface area contributed by atoms with Gasteiger partial charge in [0.25, 0.3) is 0 Å². The summed E-state index contributed by atoms with van der Waals surface area (Å²) in [5, 5.41) is 2.86. The molecule has 1 aromatic carbocycles. The Labute approximate surface area is 114 Å². The van der Waals surface area contributed by atoms with Crippen molar-refractivity contribution in [3.8, 4) is 12.3 Å². The topological polar surface area (TPSA) is 38.3 Å². The Balaban J connectivity index is 2.97. The molecule has 3 nitrogen and oxygen atoms in total. The van der Waals surface area contributed by atoms with Gasteiger partial charge in [-0.15, -0.1) is 6.42 Å². The van der Waals surface area contributed by atoms with Gasteiger partial charge in [-0.2, -0.15) is 0 Å². The molecule has 0 aliphatic heterocycles. The molecule has 1 atom stereocenters. The van der Waals surface area contributed by atoms with Crippen molar-refractivity contribution in [3.05, 3.63) is 34.1 Å². The summed E-state index contributed by atoms with van der Waals surface area (Å²) in [5.74, 6) is 1.56. The smallest absolute Gasteiger partial charge is 0.327 e. The van der Waals surface area contributed by atoms with Crippen LogP contribution in [0.15, 0.2) is 22.7 Å². The second-order valence-corrected chi connectivity index (χ2v) is 4.30. The zero-order valence-corrected chi connectivity index (χ0v) is 11.5. The third-order valence-corrected chi connectivity index (χ3v) is 2.82. The maximum atomic E-state index is 13.1. The summed E-state index contributed by atoms with van der Waals surface area (Å²) in [6.07, 6.45) is 5.15. The SMILES string of the molecule is C#CCNC(C(=O)OCC)c1ccc(F)c(Br)c1. The molecule has 96 valence electrons. The molecule has 1 N–H and O–H groups in total. The number of benzene rings is 1. The normalized spacial score (nSPS) is 11.7. The molecular weight excluding hydrogens is 301 g/mol. The van der Waals surface area contributed by atoms with Crippen molar-refractivity contribution in [1.29, 1.82) is 0 Å². The van der Waals surface area contributed by atoms with Crippen molar-refractivity contribution in [1.82, 2.24) is 5.32 Å². The van der Waals surface area contributed by atoms with E-state index in [9.17, 15) is 9.18 Å². The molecule has 1 unspecified atom stereocenters. The number of hydrogen-bond acceptors (Lipinski definition) is 3. The molecule has 1 rings (SSSR count). The van der Waals surface area contributed by atoms with Crippen LogP contribution in [0.25, 0.3) is 0 Å². The van der Waals surface area contributed by atoms with Crippen LogP contribution in [0.5, 0.6) is 0 Å². The second kappa shape index (κ2) is 7.14. The van der Waals surface area contributed by atoms with Crippen LogP contribution in [0, 0.1) is 18.2 Å². The van der Waals surface area contributed by atoms with Crippen LogP contribution in [-0.4, -0.2) is 19.1 Å². The van der Waals surface area contributed by atoms with Crippen LogP contribution < -0.4 is 5.32 Å². The Kier molecular flexibility index (Phi) is 5.83. The Bertz CT molecular complexity index is 471. The van der Waals surface area contributed by atoms with Crippen molar-refractivity contribution in [2.45, 2.75) is 13.0 Å². The number of carbonyl (C=O) groups excluding carboxylic acids is 1. The largest absolute Gasteiger partial charge is 0.465 e. The van der Waals surface area contributed by atoms with Gasteiger partial charge in [-0.1, -0.05) is 12.0 Å². The number of carbonyl (C=O) groups is 1. The first-order valence-corrected chi connectivity index (χ1v) is 6.17. The van der Waals surface area contributed by atoms with Gasteiger partial charge in [0.1, 0.15) is 11.9 Å². The van der Waals surface area contributed by atoms with Crippen molar-refractivity contribution in [2.24, 2.45) is 0 Å². The van der Waals surface area contributed by atoms with Crippen LogP contribution in [0.3, 0.4) is 0 Å². The first-order valence-electron chi connectivity index (χ1n) is 5.38. The average molecular weight is 314 g/mol. The highest BCUT2D eigenvalue weighted by atomic mass is 79.9. The molecular formula is C13H13BrFNO2. The van der Waals surface area contributed by atoms with Gasteiger partial charge in [0.05, 0.1) is 17.6 Å². The van der Waals surface area contributed by atoms with Crippen LogP contribution in [0.1, 0.15) is 18.5 Å². The molecule has 0 saturated heterocycles. The van der Waals surface area contributed by atoms with Crippen LogP contribution in [-0.2, 0) is 9.53 Å². The molecule has 0 aromatic heterocycles. The fourth-order valence-electron chi connectivity index (χ4n) is 1.42. The van der Waals surface area contributed by atoms with Gasteiger partial charge in [0.15, 0.2) is 0 Å². The minimum Gasteiger partial charge on any atom is -0.465 e. The van der Waals surface area contributed by atoms with E-state index in [4.69, 9.17) is 11.2 Å². The molecule has 1 aromatic rings. The molecule has 0 spiro atoms. The molecule has 0 bridgehead atoms. The van der Waals surface area contributed by atoms with E-state index < -0.39 is 17.8 Å². The Morgan fingerprint density at radius 1 is 1.67 bits per heavy atom. The predicted molar refractivity (Wildman–Crippen MR) is 70.3 cm³/mol. The van der Waals surface area contributed by atoms with Crippen molar-refractivity contribution < 1.29 is 13.9 Å². The number of nitrogens with one attached hydrogen (secondary N) is 1. The molecule has 5 heteroatoms. The highest BCUT2D eigenvalue weighted by molar-refractivity contribution is 9.10. The number of terminal acetylenes is 1. The van der Waals surface area contributed by atoms with Crippen molar-refractivity contribution >= 4 is 21.9 Å². The first kappa shape index (κ1) is 14.7. The maximum Gasteiger partial charge on any atom is 0.327 e. The fraction of sp³-hybridized carbons (Fsp3) is 0.308. The van der Waals surface area contributed by atoms with E-state index in [-0.39, 0.29) is 17.6 Å². The Morgan fingerprint density at radius 2 is 2.39 bits per heavy atom. The summed E-state index contributed by atoms with van der Waals surface area (Å²) >= 11 is 3.08. The fourth-order valence-corrected chi connectivity index (χ4v) is 1.81. The molecule has 0 saturated carbocycles. The highest BCUT2D eigenvalue weighted by Crippen LogP contribution is 2.22. The van der Waals surface area contributed by atoms with Gasteiger partial charge in [-0.25, -0.2) is 9.18 Å². The quantitative estimate of drug-likeness (QED) is 0.670. The lowest BCUT2D eigenvalue weighted by molar-refractivity contribution is -0.145. The van der Waals surface area contributed by atoms with Gasteiger partial charge in [0, 0.05) is 0 Å². The summed E-state index contributed by atoms with van der Waals surface area (Å²) in [5.41, 5.74) is 0.594. The lowest BCUT2D eigenvalue weighted by Gasteiger charge is -2.16. The van der Waals surface area contributed by atoms with E-state index in [0.29, 0.717) is 5.56 Å². The van der Waals surface area contributed by atoms with Gasteiger partial charge in [0.2, 0.25) is 0 Å².